The standard InChI is InChI=1S/C21H27N5/c1-3-18(21(4-2)26-13-16-11-22-12-17(16)14-26)25-10-15-5-6-19-20(9-15)24-8-7-23-19/h3-9,16-17,22,25H,10-14H2,1-2H3/b18-3+,21-4+. The number of hydrogen-bond donors (Lipinski definition) is 2. The van der Waals surface area contributed by atoms with Gasteiger partial charge in [-0.05, 0) is 43.4 Å². The van der Waals surface area contributed by atoms with Gasteiger partial charge in [0.05, 0.1) is 22.4 Å². The molecule has 0 bridgehead atoms. The molecule has 1 aromatic heterocycles. The summed E-state index contributed by atoms with van der Waals surface area (Å²) in [6.07, 6.45) is 7.90. The fourth-order valence-electron chi connectivity index (χ4n) is 4.22. The molecule has 5 nitrogen and oxygen atoms in total. The summed E-state index contributed by atoms with van der Waals surface area (Å²) in [6, 6.07) is 6.28. The Morgan fingerprint density at radius 2 is 1.85 bits per heavy atom. The second-order valence-electron chi connectivity index (χ2n) is 7.19. The summed E-state index contributed by atoms with van der Waals surface area (Å²) in [4.78, 5) is 11.3. The van der Waals surface area contributed by atoms with Crippen molar-refractivity contribution in [1.82, 2.24) is 25.5 Å². The Morgan fingerprint density at radius 1 is 1.12 bits per heavy atom. The quantitative estimate of drug-likeness (QED) is 0.813. The molecule has 2 unspecified atom stereocenters. The van der Waals surface area contributed by atoms with Crippen molar-refractivity contribution in [2.24, 2.45) is 11.8 Å². The van der Waals surface area contributed by atoms with Gasteiger partial charge >= 0.3 is 0 Å². The SMILES string of the molecule is C/C=C(NCc1ccc2nccnc2c1)\C(=C/C)N1CC2CNCC2C1. The number of benzene rings is 1. The topological polar surface area (TPSA) is 53.1 Å². The maximum Gasteiger partial charge on any atom is 0.0890 e. The summed E-state index contributed by atoms with van der Waals surface area (Å²) < 4.78 is 0. The van der Waals surface area contributed by atoms with E-state index in [-0.39, 0.29) is 0 Å². The van der Waals surface area contributed by atoms with Crippen LogP contribution < -0.4 is 10.6 Å². The summed E-state index contributed by atoms with van der Waals surface area (Å²) >= 11 is 0. The number of likely N-dealkylation sites (tertiary alicyclic amines) is 1. The van der Waals surface area contributed by atoms with Gasteiger partial charge in [-0.2, -0.15) is 0 Å². The molecule has 0 aliphatic carbocycles. The third kappa shape index (κ3) is 3.31. The van der Waals surface area contributed by atoms with Crippen molar-refractivity contribution < 1.29 is 0 Å². The third-order valence-corrected chi connectivity index (χ3v) is 5.58. The number of allylic oxidation sites excluding steroid dienone is 2. The van der Waals surface area contributed by atoms with Gasteiger partial charge in [0.15, 0.2) is 0 Å². The first-order valence-corrected chi connectivity index (χ1v) is 9.50. The van der Waals surface area contributed by atoms with E-state index in [2.05, 4.69) is 63.6 Å². The largest absolute Gasteiger partial charge is 0.380 e. The van der Waals surface area contributed by atoms with Gasteiger partial charge in [0.2, 0.25) is 0 Å². The van der Waals surface area contributed by atoms with Crippen molar-refractivity contribution in [2.45, 2.75) is 20.4 Å². The van der Waals surface area contributed by atoms with E-state index in [4.69, 9.17) is 0 Å². The lowest BCUT2D eigenvalue weighted by Crippen LogP contribution is -2.29. The van der Waals surface area contributed by atoms with Gasteiger partial charge in [0.1, 0.15) is 0 Å². The lowest BCUT2D eigenvalue weighted by atomic mass is 10.0. The Kier molecular flexibility index (Phi) is 4.89. The summed E-state index contributed by atoms with van der Waals surface area (Å²) in [5.74, 6) is 1.59. The van der Waals surface area contributed by atoms with Gasteiger partial charge in [-0.1, -0.05) is 18.2 Å². The van der Waals surface area contributed by atoms with Gasteiger partial charge in [-0.15, -0.1) is 0 Å². The minimum atomic E-state index is 0.784. The van der Waals surface area contributed by atoms with Crippen LogP contribution in [0.15, 0.2) is 54.1 Å². The van der Waals surface area contributed by atoms with Crippen LogP contribution >= 0.6 is 0 Å². The van der Waals surface area contributed by atoms with Crippen LogP contribution in [0.5, 0.6) is 0 Å². The Hall–Kier alpha value is -2.40. The lowest BCUT2D eigenvalue weighted by Gasteiger charge is -2.26. The highest BCUT2D eigenvalue weighted by atomic mass is 15.2. The number of nitrogens with one attached hydrogen (secondary N) is 2. The zero-order chi connectivity index (χ0) is 17.9. The zero-order valence-electron chi connectivity index (χ0n) is 15.6. The maximum absolute atomic E-state index is 4.41. The zero-order valence-corrected chi connectivity index (χ0v) is 15.6. The summed E-state index contributed by atoms with van der Waals surface area (Å²) in [5, 5.41) is 7.15. The van der Waals surface area contributed by atoms with Crippen LogP contribution in [0.3, 0.4) is 0 Å². The monoisotopic (exact) mass is 349 g/mol. The van der Waals surface area contributed by atoms with E-state index in [0.29, 0.717) is 0 Å². The smallest absolute Gasteiger partial charge is 0.0890 e. The first-order valence-electron chi connectivity index (χ1n) is 9.50. The van der Waals surface area contributed by atoms with Gasteiger partial charge in [0, 0.05) is 45.1 Å². The van der Waals surface area contributed by atoms with Crippen LogP contribution in [0.25, 0.3) is 11.0 Å². The fourth-order valence-corrected chi connectivity index (χ4v) is 4.22. The highest BCUT2D eigenvalue weighted by Gasteiger charge is 2.37. The average Bonchev–Trinajstić information content (AvgIpc) is 3.27. The first-order chi connectivity index (χ1) is 12.8. The molecule has 1 aromatic carbocycles. The summed E-state index contributed by atoms with van der Waals surface area (Å²) in [7, 11) is 0. The Morgan fingerprint density at radius 3 is 2.54 bits per heavy atom. The van der Waals surface area contributed by atoms with Crippen LogP contribution in [-0.4, -0.2) is 41.0 Å². The van der Waals surface area contributed by atoms with Crippen LogP contribution in [0.2, 0.25) is 0 Å². The van der Waals surface area contributed by atoms with E-state index in [1.54, 1.807) is 12.4 Å². The van der Waals surface area contributed by atoms with Crippen molar-refractivity contribution in [2.75, 3.05) is 26.2 Å². The molecule has 5 heteroatoms. The molecule has 0 radical (unpaired) electrons. The van der Waals surface area contributed by atoms with E-state index in [0.717, 1.165) is 55.6 Å². The van der Waals surface area contributed by atoms with Crippen LogP contribution in [-0.2, 0) is 6.54 Å². The summed E-state index contributed by atoms with van der Waals surface area (Å²) in [5.41, 5.74) is 5.63. The van der Waals surface area contributed by atoms with Crippen molar-refractivity contribution in [3.63, 3.8) is 0 Å². The minimum Gasteiger partial charge on any atom is -0.380 e. The Balaban J connectivity index is 1.44. The maximum atomic E-state index is 4.41. The van der Waals surface area contributed by atoms with E-state index in [1.807, 2.05) is 6.07 Å². The minimum absolute atomic E-state index is 0.784. The van der Waals surface area contributed by atoms with Crippen LogP contribution in [0.1, 0.15) is 19.4 Å². The van der Waals surface area contributed by atoms with Crippen molar-refractivity contribution in [3.05, 3.63) is 59.7 Å². The Bertz CT molecular complexity index is 829. The second-order valence-corrected chi connectivity index (χ2v) is 7.19. The molecule has 2 saturated heterocycles. The predicted octanol–water partition coefficient (Wildman–Crippen LogP) is 2.68. The first kappa shape index (κ1) is 17.0. The van der Waals surface area contributed by atoms with Crippen molar-refractivity contribution in [3.8, 4) is 0 Å². The summed E-state index contributed by atoms with van der Waals surface area (Å²) in [6.45, 7) is 9.66. The average molecular weight is 349 g/mol. The van der Waals surface area contributed by atoms with Gasteiger partial charge < -0.3 is 15.5 Å². The number of fused-ring (bicyclic) bond motifs is 2. The molecule has 0 spiro atoms. The molecule has 2 aliphatic rings. The number of aromatic nitrogens is 2. The fraction of sp³-hybridized carbons (Fsp3) is 0.429. The van der Waals surface area contributed by atoms with Crippen molar-refractivity contribution in [1.29, 1.82) is 0 Å². The van der Waals surface area contributed by atoms with Gasteiger partial charge in [-0.25, -0.2) is 0 Å². The van der Waals surface area contributed by atoms with Gasteiger partial charge in [-0.3, -0.25) is 9.97 Å². The third-order valence-electron chi connectivity index (χ3n) is 5.58. The van der Waals surface area contributed by atoms with Gasteiger partial charge in [0.25, 0.3) is 0 Å². The van der Waals surface area contributed by atoms with Crippen molar-refractivity contribution >= 4 is 11.0 Å². The molecule has 2 aliphatic heterocycles. The second kappa shape index (κ2) is 7.46. The molecule has 0 amide bonds. The van der Waals surface area contributed by atoms with E-state index in [1.165, 1.54) is 17.0 Å². The van der Waals surface area contributed by atoms with Crippen LogP contribution in [0, 0.1) is 11.8 Å². The molecular weight excluding hydrogens is 322 g/mol. The normalized spacial score (nSPS) is 23.5. The van der Waals surface area contributed by atoms with E-state index >= 15 is 0 Å². The molecule has 26 heavy (non-hydrogen) atoms. The highest BCUT2D eigenvalue weighted by molar-refractivity contribution is 5.74. The lowest BCUT2D eigenvalue weighted by molar-refractivity contribution is 0.390. The number of nitrogens with zero attached hydrogens (tertiary/aromatic N) is 3. The molecule has 2 aromatic rings. The molecule has 2 N–H and O–H groups in total. The molecule has 2 fully saturated rings. The highest BCUT2D eigenvalue weighted by Crippen LogP contribution is 2.30. The molecule has 3 heterocycles. The number of hydrogen-bond acceptors (Lipinski definition) is 5. The number of rotatable bonds is 5. The Labute approximate surface area is 155 Å². The van der Waals surface area contributed by atoms with E-state index < -0.39 is 0 Å². The molecule has 0 saturated carbocycles. The molecule has 4 rings (SSSR count). The molecule has 2 atom stereocenters. The van der Waals surface area contributed by atoms with E-state index in [9.17, 15) is 0 Å². The predicted molar refractivity (Wildman–Crippen MR) is 105 cm³/mol. The molecule has 136 valence electrons. The molecular formula is C21H27N5. The van der Waals surface area contributed by atoms with Crippen LogP contribution in [0.4, 0.5) is 0 Å².